The van der Waals surface area contributed by atoms with E-state index in [1.54, 1.807) is 24.3 Å². The van der Waals surface area contributed by atoms with Gasteiger partial charge in [0.1, 0.15) is 11.5 Å². The quantitative estimate of drug-likeness (QED) is 0.543. The first kappa shape index (κ1) is 17.5. The fourth-order valence-electron chi connectivity index (χ4n) is 2.71. The molecule has 1 aliphatic heterocycles. The van der Waals surface area contributed by atoms with Crippen molar-refractivity contribution in [3.8, 4) is 0 Å². The predicted octanol–water partition coefficient (Wildman–Crippen LogP) is 0.892. The van der Waals surface area contributed by atoms with Gasteiger partial charge in [0.05, 0.1) is 0 Å². The largest absolute Gasteiger partial charge is 0.481 e. The van der Waals surface area contributed by atoms with E-state index in [0.29, 0.717) is 0 Å². The zero-order valence-corrected chi connectivity index (χ0v) is 13.3. The average Bonchev–Trinajstić information content (AvgIpc) is 2.94. The van der Waals surface area contributed by atoms with Gasteiger partial charge in [0.15, 0.2) is 6.16 Å². The molecule has 4 N–H and O–H groups in total. The summed E-state index contributed by atoms with van der Waals surface area (Å²) >= 11 is 0. The van der Waals surface area contributed by atoms with Crippen LogP contribution in [0.3, 0.4) is 0 Å². The number of aliphatic hydroxyl groups excluding tert-OH is 1. The molecule has 124 valence electrons. The van der Waals surface area contributed by atoms with Gasteiger partial charge in [0, 0.05) is 13.0 Å². The molecule has 1 aromatic rings. The maximum absolute atomic E-state index is 12.3. The van der Waals surface area contributed by atoms with Crippen molar-refractivity contribution >= 4 is 19.7 Å². The van der Waals surface area contributed by atoms with Crippen molar-refractivity contribution in [1.82, 2.24) is 5.32 Å². The third kappa shape index (κ3) is 4.13. The monoisotopic (exact) mass is 340 g/mol. The Morgan fingerprint density at radius 1 is 1.30 bits per heavy atom. The van der Waals surface area contributed by atoms with E-state index in [2.05, 4.69) is 5.32 Å². The highest BCUT2D eigenvalue weighted by molar-refractivity contribution is 7.45. The summed E-state index contributed by atoms with van der Waals surface area (Å²) in [5, 5.41) is 31.1. The normalized spacial score (nSPS) is 25.8. The minimum atomic E-state index is -2.20. The Labute approximate surface area is 134 Å². The fraction of sp³-hybridized carbons (Fsp3) is 0.467. The van der Waals surface area contributed by atoms with Gasteiger partial charge in [-0.2, -0.15) is 0 Å². The summed E-state index contributed by atoms with van der Waals surface area (Å²) in [6.07, 6.45) is -0.221. The smallest absolute Gasteiger partial charge is 0.371 e. The van der Waals surface area contributed by atoms with Crippen molar-refractivity contribution in [3.05, 3.63) is 35.9 Å². The topological polar surface area (TPSA) is 124 Å². The van der Waals surface area contributed by atoms with Crippen LogP contribution >= 0.6 is 7.80 Å². The summed E-state index contributed by atoms with van der Waals surface area (Å²) in [7, 11) is -2.20. The molecule has 1 fully saturated rings. The molecule has 0 bridgehead atoms. The minimum absolute atomic E-state index is 0.0710. The lowest BCUT2D eigenvalue weighted by Crippen LogP contribution is -2.36. The first-order chi connectivity index (χ1) is 10.8. The van der Waals surface area contributed by atoms with E-state index in [1.165, 1.54) is 0 Å². The maximum Gasteiger partial charge on any atom is 0.371 e. The minimum Gasteiger partial charge on any atom is -0.481 e. The van der Waals surface area contributed by atoms with Crippen molar-refractivity contribution in [2.45, 2.75) is 24.7 Å². The number of hydrogen-bond acceptors (Lipinski definition) is 5. The molecule has 0 amide bonds. The Morgan fingerprint density at radius 2 is 1.96 bits per heavy atom. The molecule has 1 aromatic carbocycles. The van der Waals surface area contributed by atoms with Crippen molar-refractivity contribution in [2.75, 3.05) is 12.7 Å². The van der Waals surface area contributed by atoms with E-state index in [9.17, 15) is 24.4 Å². The molecule has 8 heteroatoms. The van der Waals surface area contributed by atoms with Crippen LogP contribution in [0.15, 0.2) is 30.3 Å². The molecule has 4 atom stereocenters. The van der Waals surface area contributed by atoms with Gasteiger partial charge < -0.3 is 20.6 Å². The molecular weight excluding hydrogens is 321 g/mol. The third-order valence-corrected chi connectivity index (χ3v) is 5.85. The Morgan fingerprint density at radius 3 is 2.48 bits per heavy atom. The molecule has 0 saturated carbocycles. The van der Waals surface area contributed by atoms with Crippen LogP contribution < -0.4 is 5.32 Å². The van der Waals surface area contributed by atoms with Crippen molar-refractivity contribution in [1.29, 1.82) is 0 Å². The number of nitrogens with one attached hydrogen (secondary N) is 1. The Hall–Kier alpha value is -1.82. The molecule has 4 unspecified atom stereocenters. The lowest BCUT2D eigenvalue weighted by Gasteiger charge is -2.18. The number of carboxylic acids is 2. The molecular formula is C15H19NO6P+. The van der Waals surface area contributed by atoms with Gasteiger partial charge in [-0.3, -0.25) is 9.59 Å². The zero-order chi connectivity index (χ0) is 17.0. The van der Waals surface area contributed by atoms with E-state index >= 15 is 0 Å². The maximum atomic E-state index is 12.3. The summed E-state index contributed by atoms with van der Waals surface area (Å²) in [6.45, 7) is -0.0710. The van der Waals surface area contributed by atoms with Crippen LogP contribution in [0.5, 0.6) is 0 Å². The van der Waals surface area contributed by atoms with Crippen molar-refractivity contribution in [3.63, 3.8) is 0 Å². The van der Waals surface area contributed by atoms with Crippen LogP contribution in [0.2, 0.25) is 0 Å². The van der Waals surface area contributed by atoms with Crippen LogP contribution in [0.1, 0.15) is 12.0 Å². The Kier molecular flexibility index (Phi) is 5.46. The second kappa shape index (κ2) is 7.17. The summed E-state index contributed by atoms with van der Waals surface area (Å²) in [4.78, 5) is 22.6. The van der Waals surface area contributed by atoms with Gasteiger partial charge >= 0.3 is 19.7 Å². The van der Waals surface area contributed by atoms with E-state index in [4.69, 9.17) is 5.11 Å². The van der Waals surface area contributed by atoms with Crippen molar-refractivity contribution < 1.29 is 29.5 Å². The third-order valence-electron chi connectivity index (χ3n) is 4.09. The van der Waals surface area contributed by atoms with Gasteiger partial charge in [-0.05, 0) is 12.0 Å². The van der Waals surface area contributed by atoms with E-state index in [1.807, 2.05) is 6.07 Å². The average molecular weight is 340 g/mol. The van der Waals surface area contributed by atoms with Crippen LogP contribution in [-0.2, 0) is 20.6 Å². The number of aliphatic carboxylic acids is 2. The van der Waals surface area contributed by atoms with E-state index < -0.39 is 37.0 Å². The number of aliphatic hydroxyl groups is 1. The predicted molar refractivity (Wildman–Crippen MR) is 82.7 cm³/mol. The second-order valence-electron chi connectivity index (χ2n) is 5.81. The summed E-state index contributed by atoms with van der Waals surface area (Å²) < 4.78 is 12.3. The Bertz CT molecular complexity index is 607. The standard InChI is InChI=1S/C15H18NO6P/c17-12(6-10-4-2-1-3-5-10)23(22)9-15(14(20)21)7-11(13(18)19)16-8-15/h1-5,11-12,16-17H,6-9H2,(H-,18,19,20,21)/p+1. The summed E-state index contributed by atoms with van der Waals surface area (Å²) in [5.74, 6) is -3.48. The molecule has 1 aliphatic rings. The van der Waals surface area contributed by atoms with E-state index in [0.717, 1.165) is 5.56 Å². The highest BCUT2D eigenvalue weighted by atomic mass is 31.1. The fourth-order valence-corrected chi connectivity index (χ4v) is 4.31. The van der Waals surface area contributed by atoms with Gasteiger partial charge in [0.25, 0.3) is 5.85 Å². The summed E-state index contributed by atoms with van der Waals surface area (Å²) in [6, 6.07) is 8.03. The number of benzene rings is 1. The first-order valence-electron chi connectivity index (χ1n) is 7.19. The molecule has 1 saturated heterocycles. The molecule has 7 nitrogen and oxygen atoms in total. The van der Waals surface area contributed by atoms with Gasteiger partial charge in [-0.25, -0.2) is 0 Å². The number of carboxylic acid groups (broad SMARTS) is 2. The van der Waals surface area contributed by atoms with E-state index in [-0.39, 0.29) is 25.5 Å². The number of rotatable bonds is 7. The van der Waals surface area contributed by atoms with Crippen molar-refractivity contribution in [2.24, 2.45) is 5.41 Å². The molecule has 0 radical (unpaired) electrons. The van der Waals surface area contributed by atoms with Crippen LogP contribution in [0.25, 0.3) is 0 Å². The highest BCUT2D eigenvalue weighted by Gasteiger charge is 2.53. The zero-order valence-electron chi connectivity index (χ0n) is 12.4. The highest BCUT2D eigenvalue weighted by Crippen LogP contribution is 2.41. The van der Waals surface area contributed by atoms with Crippen LogP contribution in [0, 0.1) is 5.41 Å². The number of carbonyl (C=O) groups is 2. The molecule has 23 heavy (non-hydrogen) atoms. The van der Waals surface area contributed by atoms with Gasteiger partial charge in [0.2, 0.25) is 0 Å². The Balaban J connectivity index is 2.04. The lowest BCUT2D eigenvalue weighted by molar-refractivity contribution is -0.146. The van der Waals surface area contributed by atoms with Gasteiger partial charge in [-0.15, -0.1) is 0 Å². The second-order valence-corrected chi connectivity index (χ2v) is 7.55. The molecule has 1 heterocycles. The summed E-state index contributed by atoms with van der Waals surface area (Å²) in [5.41, 5.74) is -0.616. The SMILES string of the molecule is O=C(O)C1CC(C[P+](=O)C(O)Cc2ccccc2)(C(=O)O)CN1. The lowest BCUT2D eigenvalue weighted by atomic mass is 9.88. The van der Waals surface area contributed by atoms with Crippen LogP contribution in [-0.4, -0.2) is 51.9 Å². The molecule has 2 rings (SSSR count). The van der Waals surface area contributed by atoms with Crippen LogP contribution in [0.4, 0.5) is 0 Å². The first-order valence-corrected chi connectivity index (χ1v) is 8.71. The molecule has 0 aliphatic carbocycles. The molecule has 0 aromatic heterocycles. The molecule has 0 spiro atoms. The number of hydrogen-bond donors (Lipinski definition) is 4. The van der Waals surface area contributed by atoms with Gasteiger partial charge in [-0.1, -0.05) is 34.9 Å².